The van der Waals surface area contributed by atoms with E-state index in [1.54, 1.807) is 17.5 Å². The second-order valence-electron chi connectivity index (χ2n) is 9.32. The van der Waals surface area contributed by atoms with E-state index in [4.69, 9.17) is 0 Å². The molecule has 0 spiro atoms. The molecule has 5 fully saturated rings. The van der Waals surface area contributed by atoms with E-state index in [-0.39, 0.29) is 17.4 Å². The number of rotatable bonds is 4. The number of piperidine rings is 1. The van der Waals surface area contributed by atoms with Crippen LogP contribution in [0.5, 0.6) is 0 Å². The Kier molecular flexibility index (Phi) is 4.41. The van der Waals surface area contributed by atoms with Gasteiger partial charge in [0, 0.05) is 18.6 Å². The summed E-state index contributed by atoms with van der Waals surface area (Å²) in [7, 11) is -3.47. The maximum absolute atomic E-state index is 13.1. The van der Waals surface area contributed by atoms with Gasteiger partial charge in [0.1, 0.15) is 4.21 Å². The molecule has 1 amide bonds. The van der Waals surface area contributed by atoms with Gasteiger partial charge in [-0.3, -0.25) is 4.79 Å². The van der Waals surface area contributed by atoms with Crippen LogP contribution in [0.3, 0.4) is 0 Å². The van der Waals surface area contributed by atoms with Gasteiger partial charge in [0.05, 0.1) is 5.92 Å². The first kappa shape index (κ1) is 18.1. The minimum absolute atomic E-state index is 0.000732. The van der Waals surface area contributed by atoms with Gasteiger partial charge in [0.15, 0.2) is 0 Å². The highest BCUT2D eigenvalue weighted by molar-refractivity contribution is 7.91. The highest BCUT2D eigenvalue weighted by Crippen LogP contribution is 2.55. The Morgan fingerprint density at radius 2 is 1.81 bits per heavy atom. The maximum atomic E-state index is 13.1. The third-order valence-corrected chi connectivity index (χ3v) is 10.5. The van der Waals surface area contributed by atoms with Crippen molar-refractivity contribution in [3.05, 3.63) is 17.5 Å². The fourth-order valence-electron chi connectivity index (χ4n) is 6.54. The molecule has 1 saturated heterocycles. The lowest BCUT2D eigenvalue weighted by Crippen LogP contribution is -2.61. The number of amides is 1. The van der Waals surface area contributed by atoms with Gasteiger partial charge >= 0.3 is 0 Å². The minimum Gasteiger partial charge on any atom is -0.350 e. The molecule has 1 atom stereocenters. The standard InChI is InChI=1S/C20H28N2O3S2/c23-19(21-20-10-14-7-15(11-20)9-16(8-14)12-20)17-3-1-5-22(13-17)27(24,25)18-4-2-6-26-18/h2,4,6,14-17H,1,3,5,7-13H2,(H,21,23)/t14?,15?,16?,17-,20?/m1/s1. The predicted molar refractivity (Wildman–Crippen MR) is 105 cm³/mol. The molecule has 5 aliphatic rings. The lowest BCUT2D eigenvalue weighted by molar-refractivity contribution is -0.131. The summed E-state index contributed by atoms with van der Waals surface area (Å²) in [5.74, 6) is 2.24. The van der Waals surface area contributed by atoms with Crippen molar-refractivity contribution in [2.75, 3.05) is 13.1 Å². The van der Waals surface area contributed by atoms with Gasteiger partial charge in [-0.2, -0.15) is 4.31 Å². The third kappa shape index (κ3) is 3.25. The highest BCUT2D eigenvalue weighted by Gasteiger charge is 2.52. The molecule has 4 aliphatic carbocycles. The van der Waals surface area contributed by atoms with E-state index in [1.165, 1.54) is 34.9 Å². The summed E-state index contributed by atoms with van der Waals surface area (Å²) in [6.45, 7) is 0.833. The van der Waals surface area contributed by atoms with E-state index in [0.29, 0.717) is 17.3 Å². The first-order valence-corrected chi connectivity index (χ1v) is 12.6. The molecule has 27 heavy (non-hydrogen) atoms. The van der Waals surface area contributed by atoms with E-state index in [1.807, 2.05) is 0 Å². The van der Waals surface area contributed by atoms with Gasteiger partial charge in [-0.05, 0) is 80.6 Å². The van der Waals surface area contributed by atoms with Crippen LogP contribution in [0.15, 0.2) is 21.7 Å². The number of hydrogen-bond acceptors (Lipinski definition) is 4. The Bertz CT molecular complexity index is 783. The molecule has 0 radical (unpaired) electrons. The Labute approximate surface area is 165 Å². The smallest absolute Gasteiger partial charge is 0.252 e. The predicted octanol–water partition coefficient (Wildman–Crippen LogP) is 3.23. The lowest BCUT2D eigenvalue weighted by Gasteiger charge is -2.57. The Hall–Kier alpha value is -0.920. The van der Waals surface area contributed by atoms with Crippen molar-refractivity contribution in [2.24, 2.45) is 23.7 Å². The summed E-state index contributed by atoms with van der Waals surface area (Å²) < 4.78 is 27.6. The van der Waals surface area contributed by atoms with Crippen molar-refractivity contribution in [1.82, 2.24) is 9.62 Å². The molecule has 1 N–H and O–H groups in total. The summed E-state index contributed by atoms with van der Waals surface area (Å²) >= 11 is 1.25. The van der Waals surface area contributed by atoms with Crippen LogP contribution in [-0.2, 0) is 14.8 Å². The summed E-state index contributed by atoms with van der Waals surface area (Å²) in [5, 5.41) is 5.23. The molecule has 1 aliphatic heterocycles. The second-order valence-corrected chi connectivity index (χ2v) is 12.4. The van der Waals surface area contributed by atoms with Gasteiger partial charge in [-0.15, -0.1) is 11.3 Å². The molecule has 4 saturated carbocycles. The minimum atomic E-state index is -3.47. The van der Waals surface area contributed by atoms with Crippen LogP contribution in [0.1, 0.15) is 51.4 Å². The van der Waals surface area contributed by atoms with Crippen LogP contribution < -0.4 is 5.32 Å². The normalized spacial score (nSPS) is 38.8. The molecule has 1 aromatic rings. The fraction of sp³-hybridized carbons (Fsp3) is 0.750. The van der Waals surface area contributed by atoms with E-state index in [2.05, 4.69) is 5.32 Å². The molecule has 2 heterocycles. The van der Waals surface area contributed by atoms with Crippen molar-refractivity contribution in [1.29, 1.82) is 0 Å². The lowest BCUT2D eigenvalue weighted by atomic mass is 9.53. The first-order chi connectivity index (χ1) is 12.9. The van der Waals surface area contributed by atoms with Gasteiger partial charge < -0.3 is 5.32 Å². The van der Waals surface area contributed by atoms with E-state index < -0.39 is 10.0 Å². The van der Waals surface area contributed by atoms with Crippen LogP contribution >= 0.6 is 11.3 Å². The average molecular weight is 409 g/mol. The van der Waals surface area contributed by atoms with Crippen LogP contribution in [0.4, 0.5) is 0 Å². The molecular formula is C20H28N2O3S2. The van der Waals surface area contributed by atoms with Crippen molar-refractivity contribution in [3.63, 3.8) is 0 Å². The van der Waals surface area contributed by atoms with Crippen LogP contribution in [0, 0.1) is 23.7 Å². The van der Waals surface area contributed by atoms with Gasteiger partial charge in [-0.1, -0.05) is 6.07 Å². The first-order valence-electron chi connectivity index (χ1n) is 10.3. The Balaban J connectivity index is 1.28. The largest absolute Gasteiger partial charge is 0.350 e. The summed E-state index contributed by atoms with van der Waals surface area (Å²) in [4.78, 5) is 13.1. The summed E-state index contributed by atoms with van der Waals surface area (Å²) in [6, 6.07) is 3.41. The number of nitrogens with one attached hydrogen (secondary N) is 1. The topological polar surface area (TPSA) is 66.5 Å². The number of thiophene rings is 1. The summed E-state index contributed by atoms with van der Waals surface area (Å²) in [6.07, 6.45) is 9.00. The zero-order valence-corrected chi connectivity index (χ0v) is 17.2. The highest BCUT2D eigenvalue weighted by atomic mass is 32.2. The van der Waals surface area contributed by atoms with E-state index in [9.17, 15) is 13.2 Å². The molecule has 4 bridgehead atoms. The van der Waals surface area contributed by atoms with Gasteiger partial charge in [0.2, 0.25) is 5.91 Å². The van der Waals surface area contributed by atoms with E-state index in [0.717, 1.165) is 49.9 Å². The Morgan fingerprint density at radius 3 is 2.41 bits per heavy atom. The quantitative estimate of drug-likeness (QED) is 0.832. The van der Waals surface area contributed by atoms with Gasteiger partial charge in [0.25, 0.3) is 10.0 Å². The monoisotopic (exact) mass is 408 g/mol. The van der Waals surface area contributed by atoms with Crippen molar-refractivity contribution < 1.29 is 13.2 Å². The molecule has 1 aromatic heterocycles. The molecule has 7 heteroatoms. The molecule has 0 aromatic carbocycles. The SMILES string of the molecule is O=C(NC12CC3CC(CC(C3)C1)C2)[C@@H]1CCCN(S(=O)(=O)c2cccs2)C1. The zero-order chi connectivity index (χ0) is 18.6. The maximum Gasteiger partial charge on any atom is 0.252 e. The summed E-state index contributed by atoms with van der Waals surface area (Å²) in [5.41, 5.74) is 0.000732. The molecular weight excluding hydrogens is 380 g/mol. The van der Waals surface area contributed by atoms with Crippen molar-refractivity contribution >= 4 is 27.3 Å². The second kappa shape index (κ2) is 6.56. The molecule has 6 rings (SSSR count). The third-order valence-electron chi connectivity index (χ3n) is 7.27. The molecule has 0 unspecified atom stereocenters. The zero-order valence-electron chi connectivity index (χ0n) is 15.6. The van der Waals surface area contributed by atoms with Crippen LogP contribution in [-0.4, -0.2) is 37.3 Å². The number of hydrogen-bond donors (Lipinski definition) is 1. The molecule has 5 nitrogen and oxygen atoms in total. The van der Waals surface area contributed by atoms with Crippen LogP contribution in [0.25, 0.3) is 0 Å². The van der Waals surface area contributed by atoms with Crippen LogP contribution in [0.2, 0.25) is 0 Å². The van der Waals surface area contributed by atoms with E-state index >= 15 is 0 Å². The number of nitrogens with zero attached hydrogens (tertiary/aromatic N) is 1. The van der Waals surface area contributed by atoms with Crippen molar-refractivity contribution in [3.8, 4) is 0 Å². The number of sulfonamides is 1. The number of carbonyl (C=O) groups excluding carboxylic acids is 1. The fourth-order valence-corrected chi connectivity index (χ4v) is 9.21. The average Bonchev–Trinajstić information content (AvgIpc) is 3.16. The van der Waals surface area contributed by atoms with Crippen molar-refractivity contribution in [2.45, 2.75) is 61.1 Å². The number of carbonyl (C=O) groups is 1. The Morgan fingerprint density at radius 1 is 1.15 bits per heavy atom. The molecule has 148 valence electrons. The van der Waals surface area contributed by atoms with Gasteiger partial charge in [-0.25, -0.2) is 8.42 Å².